The molecule has 2 amide bonds. The number of amides is 2. The van der Waals surface area contributed by atoms with Gasteiger partial charge in [0.1, 0.15) is 6.04 Å². The van der Waals surface area contributed by atoms with Crippen molar-refractivity contribution in [2.45, 2.75) is 25.8 Å². The fourth-order valence-corrected chi connectivity index (χ4v) is 3.05. The van der Waals surface area contributed by atoms with Crippen molar-refractivity contribution in [1.29, 1.82) is 0 Å². The third kappa shape index (κ3) is 2.39. The highest BCUT2D eigenvalue weighted by atomic mass is 16.4. The number of nitrogens with zero attached hydrogens (tertiary/aromatic N) is 2. The average molecular weight is 286 g/mol. The number of anilines is 1. The molecule has 1 N–H and O–H groups in total. The van der Waals surface area contributed by atoms with E-state index < -0.39 is 12.0 Å². The zero-order chi connectivity index (χ0) is 15.0. The van der Waals surface area contributed by atoms with Crippen LogP contribution in [0.15, 0.2) is 35.9 Å². The summed E-state index contributed by atoms with van der Waals surface area (Å²) in [6.07, 6.45) is 3.32. The van der Waals surface area contributed by atoms with E-state index in [4.69, 9.17) is 0 Å². The van der Waals surface area contributed by atoms with Crippen molar-refractivity contribution < 1.29 is 14.7 Å². The number of urea groups is 1. The summed E-state index contributed by atoms with van der Waals surface area (Å²) in [5.41, 5.74) is 2.79. The molecule has 0 fully saturated rings. The number of hydrogen-bond donors (Lipinski definition) is 1. The fraction of sp³-hybridized carbons (Fsp3) is 0.375. The lowest BCUT2D eigenvalue weighted by Gasteiger charge is -2.32. The molecule has 0 unspecified atom stereocenters. The largest absolute Gasteiger partial charge is 0.480 e. The summed E-state index contributed by atoms with van der Waals surface area (Å²) < 4.78 is 0. The first-order valence-corrected chi connectivity index (χ1v) is 7.12. The van der Waals surface area contributed by atoms with Gasteiger partial charge in [0.2, 0.25) is 0 Å². The molecule has 0 spiro atoms. The first-order valence-electron chi connectivity index (χ1n) is 7.12. The van der Waals surface area contributed by atoms with Crippen LogP contribution >= 0.6 is 0 Å². The molecule has 1 aromatic carbocycles. The molecule has 1 aromatic rings. The van der Waals surface area contributed by atoms with Crippen LogP contribution in [0.4, 0.5) is 10.5 Å². The Hall–Kier alpha value is -2.30. The third-order valence-electron chi connectivity index (χ3n) is 4.07. The molecule has 1 atom stereocenters. The Morgan fingerprint density at radius 2 is 2.05 bits per heavy atom. The van der Waals surface area contributed by atoms with Crippen LogP contribution in [0.1, 0.15) is 18.9 Å². The molecule has 0 radical (unpaired) electrons. The van der Waals surface area contributed by atoms with Gasteiger partial charge in [-0.05, 0) is 25.0 Å². The summed E-state index contributed by atoms with van der Waals surface area (Å²) in [5, 5.41) is 9.43. The summed E-state index contributed by atoms with van der Waals surface area (Å²) in [5.74, 6) is -0.955. The maximum absolute atomic E-state index is 12.8. The summed E-state index contributed by atoms with van der Waals surface area (Å²) in [7, 11) is 0. The summed E-state index contributed by atoms with van der Waals surface area (Å²) in [6.45, 7) is 3.21. The zero-order valence-corrected chi connectivity index (χ0v) is 12.0. The predicted molar refractivity (Wildman–Crippen MR) is 79.4 cm³/mol. The molecule has 3 rings (SSSR count). The van der Waals surface area contributed by atoms with Gasteiger partial charge in [0.25, 0.3) is 0 Å². The Kier molecular flexibility index (Phi) is 3.41. The van der Waals surface area contributed by atoms with E-state index in [1.165, 1.54) is 4.90 Å². The standard InChI is InChI=1S/C16H18N2O3/c1-11-5-4-8-17(10-11)16(21)18-13-7-3-2-6-12(13)9-14(18)15(19)20/h2-3,5-7,14H,4,8-10H2,1H3,(H,19,20)/t14-/m0/s1. The number of hydrogen-bond acceptors (Lipinski definition) is 2. The van der Waals surface area contributed by atoms with Crippen molar-refractivity contribution in [2.75, 3.05) is 18.0 Å². The van der Waals surface area contributed by atoms with Crippen molar-refractivity contribution in [3.05, 3.63) is 41.5 Å². The minimum Gasteiger partial charge on any atom is -0.480 e. The van der Waals surface area contributed by atoms with Crippen LogP contribution in [0.5, 0.6) is 0 Å². The van der Waals surface area contributed by atoms with E-state index in [1.807, 2.05) is 31.2 Å². The molecular formula is C16H18N2O3. The SMILES string of the molecule is CC1=CCCN(C(=O)N2c3ccccc3C[C@H]2C(=O)O)C1. The van der Waals surface area contributed by atoms with Gasteiger partial charge >= 0.3 is 12.0 Å². The number of carboxylic acids is 1. The number of benzene rings is 1. The van der Waals surface area contributed by atoms with Crippen LogP contribution in [0, 0.1) is 0 Å². The topological polar surface area (TPSA) is 60.9 Å². The van der Waals surface area contributed by atoms with Gasteiger partial charge in [-0.3, -0.25) is 4.90 Å². The molecule has 0 aliphatic carbocycles. The lowest BCUT2D eigenvalue weighted by molar-refractivity contribution is -0.138. The second-order valence-corrected chi connectivity index (χ2v) is 5.60. The molecule has 21 heavy (non-hydrogen) atoms. The third-order valence-corrected chi connectivity index (χ3v) is 4.07. The van der Waals surface area contributed by atoms with Gasteiger partial charge in [-0.15, -0.1) is 0 Å². The van der Waals surface area contributed by atoms with Gasteiger partial charge in [0.15, 0.2) is 0 Å². The van der Waals surface area contributed by atoms with E-state index in [9.17, 15) is 14.7 Å². The van der Waals surface area contributed by atoms with Crippen molar-refractivity contribution >= 4 is 17.7 Å². The normalized spacial score (nSPS) is 21.0. The van der Waals surface area contributed by atoms with Gasteiger partial charge < -0.3 is 10.0 Å². The molecule has 110 valence electrons. The number of fused-ring (bicyclic) bond motifs is 1. The predicted octanol–water partition coefficient (Wildman–Crippen LogP) is 2.27. The van der Waals surface area contributed by atoms with Crippen molar-refractivity contribution in [3.63, 3.8) is 0 Å². The number of carboxylic acid groups (broad SMARTS) is 1. The zero-order valence-electron chi connectivity index (χ0n) is 12.0. The number of carbonyl (C=O) groups excluding carboxylic acids is 1. The van der Waals surface area contributed by atoms with Gasteiger partial charge in [-0.1, -0.05) is 29.8 Å². The second kappa shape index (κ2) is 5.24. The van der Waals surface area contributed by atoms with Crippen molar-refractivity contribution in [2.24, 2.45) is 0 Å². The second-order valence-electron chi connectivity index (χ2n) is 5.60. The molecule has 2 aliphatic heterocycles. The molecule has 0 aromatic heterocycles. The minimum absolute atomic E-state index is 0.209. The fourth-order valence-electron chi connectivity index (χ4n) is 3.05. The van der Waals surface area contributed by atoms with E-state index in [1.54, 1.807) is 4.90 Å². The maximum atomic E-state index is 12.8. The molecule has 5 nitrogen and oxygen atoms in total. The average Bonchev–Trinajstić information content (AvgIpc) is 2.86. The van der Waals surface area contributed by atoms with Gasteiger partial charge in [0.05, 0.1) is 0 Å². The molecular weight excluding hydrogens is 268 g/mol. The van der Waals surface area contributed by atoms with E-state index in [-0.39, 0.29) is 6.03 Å². The highest BCUT2D eigenvalue weighted by Crippen LogP contribution is 2.33. The van der Waals surface area contributed by atoms with Crippen LogP contribution in [-0.2, 0) is 11.2 Å². The van der Waals surface area contributed by atoms with E-state index in [0.717, 1.165) is 23.2 Å². The Morgan fingerprint density at radius 1 is 1.29 bits per heavy atom. The Morgan fingerprint density at radius 3 is 2.76 bits per heavy atom. The molecule has 2 aliphatic rings. The molecule has 0 saturated heterocycles. The van der Waals surface area contributed by atoms with E-state index in [2.05, 4.69) is 6.08 Å². The summed E-state index contributed by atoms with van der Waals surface area (Å²) in [4.78, 5) is 27.5. The minimum atomic E-state index is -0.955. The number of aliphatic carboxylic acids is 1. The first-order chi connectivity index (χ1) is 10.1. The van der Waals surface area contributed by atoms with Crippen molar-refractivity contribution in [1.82, 2.24) is 4.90 Å². The Labute approximate surface area is 123 Å². The molecule has 0 saturated carbocycles. The van der Waals surface area contributed by atoms with E-state index in [0.29, 0.717) is 19.5 Å². The van der Waals surface area contributed by atoms with Crippen LogP contribution in [-0.4, -0.2) is 41.1 Å². The lowest BCUT2D eigenvalue weighted by Crippen LogP contribution is -2.51. The number of para-hydroxylation sites is 1. The highest BCUT2D eigenvalue weighted by Gasteiger charge is 2.40. The first kappa shape index (κ1) is 13.7. The van der Waals surface area contributed by atoms with Crippen LogP contribution in [0.25, 0.3) is 0 Å². The maximum Gasteiger partial charge on any atom is 0.327 e. The highest BCUT2D eigenvalue weighted by molar-refractivity contribution is 6.01. The summed E-state index contributed by atoms with van der Waals surface area (Å²) in [6, 6.07) is 6.41. The van der Waals surface area contributed by atoms with Crippen LogP contribution < -0.4 is 4.90 Å². The van der Waals surface area contributed by atoms with Crippen LogP contribution in [0.3, 0.4) is 0 Å². The summed E-state index contributed by atoms with van der Waals surface area (Å²) >= 11 is 0. The van der Waals surface area contributed by atoms with E-state index >= 15 is 0 Å². The van der Waals surface area contributed by atoms with Gasteiger partial charge in [-0.2, -0.15) is 0 Å². The molecule has 2 heterocycles. The monoisotopic (exact) mass is 286 g/mol. The van der Waals surface area contributed by atoms with Crippen LogP contribution in [0.2, 0.25) is 0 Å². The van der Waals surface area contributed by atoms with Gasteiger partial charge in [-0.25, -0.2) is 9.59 Å². The number of carbonyl (C=O) groups is 2. The smallest absolute Gasteiger partial charge is 0.327 e. The van der Waals surface area contributed by atoms with Crippen molar-refractivity contribution in [3.8, 4) is 0 Å². The number of rotatable bonds is 1. The molecule has 0 bridgehead atoms. The lowest BCUT2D eigenvalue weighted by atomic mass is 10.1. The molecule has 5 heteroatoms. The quantitative estimate of drug-likeness (QED) is 0.806. The Balaban J connectivity index is 1.92. The Bertz CT molecular complexity index is 624. The van der Waals surface area contributed by atoms with Gasteiger partial charge in [0, 0.05) is 25.2 Å².